The summed E-state index contributed by atoms with van der Waals surface area (Å²) in [5.74, 6) is 2.77. The van der Waals surface area contributed by atoms with E-state index in [2.05, 4.69) is 37.3 Å². The zero-order chi connectivity index (χ0) is 24.9. The molecular weight excluding hydrogens is 467 g/mol. The van der Waals surface area contributed by atoms with Crippen LogP contribution in [-0.4, -0.2) is 19.3 Å². The Balaban J connectivity index is 1.11. The van der Waals surface area contributed by atoms with E-state index in [9.17, 15) is 4.39 Å². The van der Waals surface area contributed by atoms with Crippen LogP contribution in [0, 0.1) is 23.6 Å². The molecule has 36 heavy (non-hydrogen) atoms. The second-order valence-corrected chi connectivity index (χ2v) is 12.0. The van der Waals surface area contributed by atoms with Crippen molar-refractivity contribution in [2.75, 3.05) is 13.2 Å². The summed E-state index contributed by atoms with van der Waals surface area (Å²) in [5, 5.41) is 0.932. The largest absolute Gasteiger partial charge is 0.491 e. The van der Waals surface area contributed by atoms with E-state index in [0.29, 0.717) is 23.2 Å². The van der Waals surface area contributed by atoms with Crippen molar-refractivity contribution in [1.82, 2.24) is 0 Å². The maximum absolute atomic E-state index is 14.8. The van der Waals surface area contributed by atoms with E-state index in [1.54, 1.807) is 6.07 Å². The molecule has 5 rings (SSSR count). The highest BCUT2D eigenvalue weighted by Crippen LogP contribution is 2.40. The average molecular weight is 509 g/mol. The Labute approximate surface area is 220 Å². The monoisotopic (exact) mass is 508 g/mol. The van der Waals surface area contributed by atoms with Crippen LogP contribution in [0.3, 0.4) is 0 Å². The normalized spacial score (nSPS) is 24.8. The molecule has 2 fully saturated rings. The topological polar surface area (TPSA) is 18.5 Å². The molecule has 194 valence electrons. The lowest BCUT2D eigenvalue weighted by molar-refractivity contribution is -0.0418. The lowest BCUT2D eigenvalue weighted by Crippen LogP contribution is -2.32. The summed E-state index contributed by atoms with van der Waals surface area (Å²) in [5.41, 5.74) is 2.49. The fourth-order valence-electron chi connectivity index (χ4n) is 6.41. The lowest BCUT2D eigenvalue weighted by Gasteiger charge is -2.38. The summed E-state index contributed by atoms with van der Waals surface area (Å²) in [6.45, 7) is 5.64. The molecule has 2 unspecified atom stereocenters. The first-order valence-corrected chi connectivity index (χ1v) is 15.0. The maximum Gasteiger partial charge on any atom is 0.182 e. The zero-order valence-corrected chi connectivity index (χ0v) is 22.8. The molecule has 2 aromatic carbocycles. The predicted octanol–water partition coefficient (Wildman–Crippen LogP) is 9.44. The SMILES string of the molecule is CCCC1CCC(C2CCC(CCc3ccc(-c4cc5ccc(OCC)c(F)c5s4)cc3)OC2)CC1. The molecule has 1 aliphatic carbocycles. The van der Waals surface area contributed by atoms with Crippen LogP contribution in [0.1, 0.15) is 77.2 Å². The highest BCUT2D eigenvalue weighted by atomic mass is 32.1. The van der Waals surface area contributed by atoms with E-state index in [-0.39, 0.29) is 5.82 Å². The molecule has 2 nitrogen and oxygen atoms in total. The number of benzene rings is 2. The number of thiophene rings is 1. The second kappa shape index (κ2) is 12.1. The third-order valence-electron chi connectivity index (χ3n) is 8.54. The van der Waals surface area contributed by atoms with Gasteiger partial charge in [-0.2, -0.15) is 0 Å². The Morgan fingerprint density at radius 2 is 1.69 bits per heavy atom. The molecule has 0 bridgehead atoms. The van der Waals surface area contributed by atoms with Crippen molar-refractivity contribution in [2.24, 2.45) is 17.8 Å². The first kappa shape index (κ1) is 25.7. The number of aryl methyl sites for hydroxylation is 1. The molecule has 0 spiro atoms. The van der Waals surface area contributed by atoms with Crippen molar-refractivity contribution < 1.29 is 13.9 Å². The molecular formula is C32H41FO2S. The van der Waals surface area contributed by atoms with Crippen molar-refractivity contribution in [3.05, 3.63) is 53.8 Å². The van der Waals surface area contributed by atoms with Crippen LogP contribution < -0.4 is 4.74 Å². The van der Waals surface area contributed by atoms with Gasteiger partial charge in [-0.15, -0.1) is 11.3 Å². The standard InChI is InChI=1S/C32H41FO2S/c1-3-5-22-6-11-24(12-7-22)27-15-18-28(35-21-27)17-10-23-8-13-25(14-9-23)30-20-26-16-19-29(34-4-2)31(33)32(26)36-30/h8-9,13-14,16,19-20,22,24,27-28H,3-7,10-12,15,17-18,21H2,1-2H3. The summed E-state index contributed by atoms with van der Waals surface area (Å²) < 4.78 is 27.2. The van der Waals surface area contributed by atoms with Crippen LogP contribution in [0.2, 0.25) is 0 Å². The van der Waals surface area contributed by atoms with Crippen LogP contribution in [0.5, 0.6) is 5.75 Å². The summed E-state index contributed by atoms with van der Waals surface area (Å²) in [4.78, 5) is 1.09. The van der Waals surface area contributed by atoms with E-state index < -0.39 is 0 Å². The van der Waals surface area contributed by atoms with Crippen LogP contribution in [0.25, 0.3) is 20.5 Å². The van der Waals surface area contributed by atoms with Gasteiger partial charge in [0.1, 0.15) is 0 Å². The Morgan fingerprint density at radius 3 is 2.39 bits per heavy atom. The third kappa shape index (κ3) is 5.97. The predicted molar refractivity (Wildman–Crippen MR) is 150 cm³/mol. The maximum atomic E-state index is 14.8. The fourth-order valence-corrected chi connectivity index (χ4v) is 7.50. The van der Waals surface area contributed by atoms with Gasteiger partial charge in [-0.25, -0.2) is 4.39 Å². The quantitative estimate of drug-likeness (QED) is 0.286. The summed E-state index contributed by atoms with van der Waals surface area (Å²) in [7, 11) is 0. The molecule has 0 radical (unpaired) electrons. The smallest absolute Gasteiger partial charge is 0.182 e. The zero-order valence-electron chi connectivity index (χ0n) is 21.9. The molecule has 1 saturated heterocycles. The van der Waals surface area contributed by atoms with Crippen LogP contribution in [-0.2, 0) is 11.2 Å². The molecule has 0 N–H and O–H groups in total. The van der Waals surface area contributed by atoms with Crippen LogP contribution in [0.4, 0.5) is 4.39 Å². The van der Waals surface area contributed by atoms with Gasteiger partial charge in [0.25, 0.3) is 0 Å². The third-order valence-corrected chi connectivity index (χ3v) is 9.74. The van der Waals surface area contributed by atoms with E-state index in [1.165, 1.54) is 68.3 Å². The number of fused-ring (bicyclic) bond motifs is 1. The average Bonchev–Trinajstić information content (AvgIpc) is 3.36. The van der Waals surface area contributed by atoms with E-state index in [1.807, 2.05) is 13.0 Å². The van der Waals surface area contributed by atoms with Gasteiger partial charge in [0.15, 0.2) is 11.6 Å². The molecule has 2 heterocycles. The van der Waals surface area contributed by atoms with Gasteiger partial charge >= 0.3 is 0 Å². The number of halogens is 1. The molecule has 3 aromatic rings. The van der Waals surface area contributed by atoms with Crippen molar-refractivity contribution in [1.29, 1.82) is 0 Å². The number of hydrogen-bond donors (Lipinski definition) is 0. The van der Waals surface area contributed by atoms with Gasteiger partial charge in [-0.1, -0.05) is 56.9 Å². The number of hydrogen-bond acceptors (Lipinski definition) is 3. The molecule has 0 amide bonds. The van der Waals surface area contributed by atoms with Crippen LogP contribution >= 0.6 is 11.3 Å². The van der Waals surface area contributed by atoms with Gasteiger partial charge < -0.3 is 9.47 Å². The summed E-state index contributed by atoms with van der Waals surface area (Å²) in [6, 6.07) is 14.6. The summed E-state index contributed by atoms with van der Waals surface area (Å²) in [6.07, 6.45) is 13.6. The minimum Gasteiger partial charge on any atom is -0.491 e. The molecule has 1 aliphatic heterocycles. The molecule has 2 atom stereocenters. The van der Waals surface area contributed by atoms with Crippen molar-refractivity contribution in [3.8, 4) is 16.2 Å². The minimum absolute atomic E-state index is 0.249. The van der Waals surface area contributed by atoms with Crippen LogP contribution in [0.15, 0.2) is 42.5 Å². The van der Waals surface area contributed by atoms with Gasteiger partial charge in [0.05, 0.1) is 24.0 Å². The van der Waals surface area contributed by atoms with Gasteiger partial charge in [0, 0.05) is 4.88 Å². The van der Waals surface area contributed by atoms with Gasteiger partial charge in [-0.05, 0) is 97.9 Å². The number of ether oxygens (including phenoxy) is 2. The fraction of sp³-hybridized carbons (Fsp3) is 0.562. The van der Waals surface area contributed by atoms with Crippen molar-refractivity contribution in [2.45, 2.75) is 84.2 Å². The first-order valence-electron chi connectivity index (χ1n) is 14.2. The Bertz CT molecular complexity index is 1110. The molecule has 1 aromatic heterocycles. The highest BCUT2D eigenvalue weighted by molar-refractivity contribution is 7.22. The van der Waals surface area contributed by atoms with Gasteiger partial charge in [0.2, 0.25) is 0 Å². The van der Waals surface area contributed by atoms with Gasteiger partial charge in [-0.3, -0.25) is 0 Å². The number of rotatable bonds is 9. The Hall–Kier alpha value is -1.91. The second-order valence-electron chi connectivity index (χ2n) is 10.9. The van der Waals surface area contributed by atoms with E-state index in [4.69, 9.17) is 9.47 Å². The first-order chi connectivity index (χ1) is 17.6. The van der Waals surface area contributed by atoms with Crippen molar-refractivity contribution >= 4 is 21.4 Å². The Morgan fingerprint density at radius 1 is 0.917 bits per heavy atom. The highest BCUT2D eigenvalue weighted by Gasteiger charge is 2.31. The minimum atomic E-state index is -0.249. The Kier molecular flexibility index (Phi) is 8.64. The van der Waals surface area contributed by atoms with E-state index >= 15 is 0 Å². The molecule has 2 aliphatic rings. The lowest BCUT2D eigenvalue weighted by atomic mass is 9.73. The molecule has 1 saturated carbocycles. The van der Waals surface area contributed by atoms with Crippen molar-refractivity contribution in [3.63, 3.8) is 0 Å². The van der Waals surface area contributed by atoms with E-state index in [0.717, 1.165) is 53.0 Å². The molecule has 4 heteroatoms. The summed E-state index contributed by atoms with van der Waals surface area (Å²) >= 11 is 1.50.